The fourth-order valence-corrected chi connectivity index (χ4v) is 3.25. The average Bonchev–Trinajstić information content (AvgIpc) is 2.64. The van der Waals surface area contributed by atoms with E-state index in [1.807, 2.05) is 0 Å². The third-order valence-corrected chi connectivity index (χ3v) is 4.71. The number of ether oxygens (including phenoxy) is 1. The van der Waals surface area contributed by atoms with Crippen molar-refractivity contribution in [2.45, 2.75) is 58.3 Å². The van der Waals surface area contributed by atoms with Gasteiger partial charge in [-0.2, -0.15) is 0 Å². The van der Waals surface area contributed by atoms with Crippen molar-refractivity contribution in [1.29, 1.82) is 0 Å². The SMILES string of the molecule is CCCCCc1cc(O)c(C(=O)O)c(OC(=O)CCCCc2cc(O)cc(O)c2)c1. The summed E-state index contributed by atoms with van der Waals surface area (Å²) in [5.74, 6) is -2.55. The number of phenolic OH excluding ortho intramolecular Hbond substituents is 2. The van der Waals surface area contributed by atoms with Gasteiger partial charge in [-0.05, 0) is 67.5 Å². The Morgan fingerprint density at radius 2 is 1.43 bits per heavy atom. The number of benzene rings is 2. The molecule has 30 heavy (non-hydrogen) atoms. The van der Waals surface area contributed by atoms with Crippen LogP contribution in [-0.4, -0.2) is 32.4 Å². The number of aromatic carboxylic acids is 1. The smallest absolute Gasteiger partial charge is 0.343 e. The standard InChI is InChI=1S/C23H28O7/c1-2-3-4-7-16-12-19(26)22(23(28)29)20(13-16)30-21(27)9-6-5-8-15-10-17(24)14-18(25)11-15/h10-14,24-26H,2-9H2,1H3,(H,28,29). The molecule has 0 spiro atoms. The Bertz CT molecular complexity index is 869. The number of phenols is 3. The number of hydrogen-bond donors (Lipinski definition) is 4. The van der Waals surface area contributed by atoms with E-state index in [1.54, 1.807) is 12.1 Å². The minimum atomic E-state index is -1.36. The van der Waals surface area contributed by atoms with Crippen molar-refractivity contribution in [1.82, 2.24) is 0 Å². The molecule has 0 radical (unpaired) electrons. The maximum absolute atomic E-state index is 12.2. The molecular weight excluding hydrogens is 388 g/mol. The summed E-state index contributed by atoms with van der Waals surface area (Å²) in [4.78, 5) is 23.7. The zero-order chi connectivity index (χ0) is 22.1. The quantitative estimate of drug-likeness (QED) is 0.241. The lowest BCUT2D eigenvalue weighted by Gasteiger charge is -2.12. The van der Waals surface area contributed by atoms with Gasteiger partial charge in [0.2, 0.25) is 0 Å². The molecule has 0 heterocycles. The molecule has 0 saturated heterocycles. The molecule has 0 aromatic heterocycles. The van der Waals surface area contributed by atoms with Crippen LogP contribution in [0.4, 0.5) is 0 Å². The number of aryl methyl sites for hydroxylation is 2. The van der Waals surface area contributed by atoms with Crippen molar-refractivity contribution in [3.8, 4) is 23.0 Å². The fraction of sp³-hybridized carbons (Fsp3) is 0.391. The Labute approximate surface area is 175 Å². The lowest BCUT2D eigenvalue weighted by Crippen LogP contribution is -2.12. The number of unbranched alkanes of at least 4 members (excludes halogenated alkanes) is 3. The number of carboxylic acid groups (broad SMARTS) is 1. The molecule has 4 N–H and O–H groups in total. The monoisotopic (exact) mass is 416 g/mol. The highest BCUT2D eigenvalue weighted by molar-refractivity contribution is 5.95. The Balaban J connectivity index is 1.96. The number of carbonyl (C=O) groups excluding carboxylic acids is 1. The topological polar surface area (TPSA) is 124 Å². The van der Waals surface area contributed by atoms with Gasteiger partial charge < -0.3 is 25.2 Å². The molecule has 162 valence electrons. The van der Waals surface area contributed by atoms with Crippen molar-refractivity contribution in [3.63, 3.8) is 0 Å². The maximum atomic E-state index is 12.2. The molecule has 0 aliphatic carbocycles. The van der Waals surface area contributed by atoms with Crippen LogP contribution in [0, 0.1) is 0 Å². The summed E-state index contributed by atoms with van der Waals surface area (Å²) in [7, 11) is 0. The summed E-state index contributed by atoms with van der Waals surface area (Å²) < 4.78 is 5.27. The molecule has 0 fully saturated rings. The van der Waals surface area contributed by atoms with E-state index >= 15 is 0 Å². The van der Waals surface area contributed by atoms with Crippen molar-refractivity contribution in [2.24, 2.45) is 0 Å². The van der Waals surface area contributed by atoms with Crippen LogP contribution >= 0.6 is 0 Å². The van der Waals surface area contributed by atoms with Crippen molar-refractivity contribution in [2.75, 3.05) is 0 Å². The van der Waals surface area contributed by atoms with Crippen molar-refractivity contribution in [3.05, 3.63) is 47.0 Å². The van der Waals surface area contributed by atoms with Gasteiger partial charge in [0.1, 0.15) is 28.6 Å². The molecule has 7 heteroatoms. The zero-order valence-electron chi connectivity index (χ0n) is 17.1. The first-order valence-corrected chi connectivity index (χ1v) is 10.1. The molecule has 2 rings (SSSR count). The predicted octanol–water partition coefficient (Wildman–Crippen LogP) is 4.55. The largest absolute Gasteiger partial charge is 0.508 e. The Morgan fingerprint density at radius 1 is 0.833 bits per heavy atom. The molecule has 2 aromatic carbocycles. The molecule has 0 unspecified atom stereocenters. The highest BCUT2D eigenvalue weighted by Gasteiger charge is 2.20. The maximum Gasteiger partial charge on any atom is 0.343 e. The van der Waals surface area contributed by atoms with E-state index in [0.717, 1.165) is 30.4 Å². The predicted molar refractivity (Wildman–Crippen MR) is 111 cm³/mol. The van der Waals surface area contributed by atoms with Gasteiger partial charge in [0.25, 0.3) is 0 Å². The second kappa shape index (κ2) is 11.1. The summed E-state index contributed by atoms with van der Waals surface area (Å²) in [5.41, 5.74) is 1.05. The second-order valence-corrected chi connectivity index (χ2v) is 7.29. The molecule has 2 aromatic rings. The highest BCUT2D eigenvalue weighted by atomic mass is 16.5. The molecule has 0 saturated carbocycles. The zero-order valence-corrected chi connectivity index (χ0v) is 17.1. The summed E-state index contributed by atoms with van der Waals surface area (Å²) in [6, 6.07) is 7.24. The van der Waals surface area contributed by atoms with Crippen LogP contribution in [0.15, 0.2) is 30.3 Å². The van der Waals surface area contributed by atoms with E-state index in [0.29, 0.717) is 25.7 Å². The molecule has 0 aliphatic rings. The van der Waals surface area contributed by atoms with Crippen LogP contribution in [0.5, 0.6) is 23.0 Å². The molecule has 0 aliphatic heterocycles. The van der Waals surface area contributed by atoms with Gasteiger partial charge in [-0.3, -0.25) is 4.79 Å². The van der Waals surface area contributed by atoms with Crippen LogP contribution in [0.3, 0.4) is 0 Å². The van der Waals surface area contributed by atoms with Crippen molar-refractivity contribution < 1.29 is 34.8 Å². The summed E-state index contributed by atoms with van der Waals surface area (Å²) >= 11 is 0. The minimum Gasteiger partial charge on any atom is -0.508 e. The van der Waals surface area contributed by atoms with Gasteiger partial charge in [0.15, 0.2) is 0 Å². The summed E-state index contributed by atoms with van der Waals surface area (Å²) in [6.45, 7) is 2.07. The van der Waals surface area contributed by atoms with Crippen LogP contribution in [0.25, 0.3) is 0 Å². The number of carboxylic acids is 1. The van der Waals surface area contributed by atoms with Crippen LogP contribution < -0.4 is 4.74 Å². The Kier molecular flexibility index (Phi) is 8.53. The number of esters is 1. The Morgan fingerprint density at radius 3 is 2.03 bits per heavy atom. The van der Waals surface area contributed by atoms with Crippen LogP contribution in [-0.2, 0) is 17.6 Å². The summed E-state index contributed by atoms with van der Waals surface area (Å²) in [6.07, 6.45) is 5.32. The summed E-state index contributed by atoms with van der Waals surface area (Å²) in [5, 5.41) is 38.4. The van der Waals surface area contributed by atoms with Crippen molar-refractivity contribution >= 4 is 11.9 Å². The second-order valence-electron chi connectivity index (χ2n) is 7.29. The lowest BCUT2D eigenvalue weighted by atomic mass is 10.0. The fourth-order valence-electron chi connectivity index (χ4n) is 3.25. The van der Waals surface area contributed by atoms with Gasteiger partial charge in [-0.25, -0.2) is 4.79 Å². The van der Waals surface area contributed by atoms with Gasteiger partial charge in [0.05, 0.1) is 0 Å². The Hall–Kier alpha value is -3.22. The van der Waals surface area contributed by atoms with Gasteiger partial charge in [-0.15, -0.1) is 0 Å². The lowest BCUT2D eigenvalue weighted by molar-refractivity contribution is -0.134. The van der Waals surface area contributed by atoms with E-state index in [1.165, 1.54) is 18.2 Å². The third kappa shape index (κ3) is 6.99. The minimum absolute atomic E-state index is 0.0239. The van der Waals surface area contributed by atoms with E-state index in [-0.39, 0.29) is 23.7 Å². The molecule has 0 amide bonds. The first-order chi connectivity index (χ1) is 14.3. The van der Waals surface area contributed by atoms with Gasteiger partial charge in [-0.1, -0.05) is 19.8 Å². The number of hydrogen-bond acceptors (Lipinski definition) is 6. The van der Waals surface area contributed by atoms with E-state index in [2.05, 4.69) is 6.92 Å². The van der Waals surface area contributed by atoms with Gasteiger partial charge in [0, 0.05) is 12.5 Å². The molecule has 0 atom stereocenters. The van der Waals surface area contributed by atoms with E-state index in [4.69, 9.17) is 4.74 Å². The normalized spacial score (nSPS) is 10.7. The van der Waals surface area contributed by atoms with E-state index < -0.39 is 23.3 Å². The molecular formula is C23H28O7. The molecule has 0 bridgehead atoms. The van der Waals surface area contributed by atoms with Crippen LogP contribution in [0.2, 0.25) is 0 Å². The number of rotatable bonds is 11. The third-order valence-electron chi connectivity index (χ3n) is 4.71. The first-order valence-electron chi connectivity index (χ1n) is 10.1. The number of carbonyl (C=O) groups is 2. The molecule has 7 nitrogen and oxygen atoms in total. The first kappa shape index (κ1) is 23.1. The van der Waals surface area contributed by atoms with Gasteiger partial charge >= 0.3 is 11.9 Å². The van der Waals surface area contributed by atoms with Crippen LogP contribution in [0.1, 0.15) is 66.9 Å². The van der Waals surface area contributed by atoms with E-state index in [9.17, 15) is 30.0 Å². The highest BCUT2D eigenvalue weighted by Crippen LogP contribution is 2.31. The average molecular weight is 416 g/mol. The number of aromatic hydroxyl groups is 3.